The van der Waals surface area contributed by atoms with Crippen molar-refractivity contribution in [3.63, 3.8) is 0 Å². The number of hydrogen-bond acceptors (Lipinski definition) is 3. The van der Waals surface area contributed by atoms with Gasteiger partial charge in [-0.15, -0.1) is 0 Å². The molecule has 4 heteroatoms. The van der Waals surface area contributed by atoms with E-state index in [1.807, 2.05) is 31.5 Å². The number of pyridine rings is 1. The molecule has 2 aromatic heterocycles. The van der Waals surface area contributed by atoms with Crippen molar-refractivity contribution < 1.29 is 0 Å². The maximum absolute atomic E-state index is 6.05. The zero-order valence-electron chi connectivity index (χ0n) is 11.5. The third-order valence-corrected chi connectivity index (χ3v) is 3.37. The minimum Gasteiger partial charge on any atom is -0.382 e. The van der Waals surface area contributed by atoms with Crippen molar-refractivity contribution in [2.45, 2.75) is 13.8 Å². The number of H-pyrrole nitrogens is 1. The van der Waals surface area contributed by atoms with Gasteiger partial charge in [0.25, 0.3) is 0 Å². The Labute approximate surface area is 117 Å². The van der Waals surface area contributed by atoms with Gasteiger partial charge in [-0.2, -0.15) is 5.10 Å². The number of rotatable bonds is 2. The van der Waals surface area contributed by atoms with Crippen LogP contribution >= 0.6 is 0 Å². The van der Waals surface area contributed by atoms with E-state index in [0.29, 0.717) is 5.82 Å². The van der Waals surface area contributed by atoms with Gasteiger partial charge in [-0.1, -0.05) is 24.3 Å². The van der Waals surface area contributed by atoms with Crippen LogP contribution in [0.25, 0.3) is 22.4 Å². The van der Waals surface area contributed by atoms with Gasteiger partial charge in [0.2, 0.25) is 0 Å². The van der Waals surface area contributed by atoms with E-state index in [1.165, 1.54) is 5.56 Å². The van der Waals surface area contributed by atoms with Crippen molar-refractivity contribution in [2.75, 3.05) is 5.73 Å². The monoisotopic (exact) mass is 264 g/mol. The molecule has 3 N–H and O–H groups in total. The molecule has 100 valence electrons. The molecule has 0 bridgehead atoms. The number of hydrogen-bond donors (Lipinski definition) is 2. The van der Waals surface area contributed by atoms with Crippen LogP contribution in [0.1, 0.15) is 11.1 Å². The molecule has 0 spiro atoms. The van der Waals surface area contributed by atoms with Crippen molar-refractivity contribution in [1.82, 2.24) is 15.2 Å². The normalized spacial score (nSPS) is 10.7. The first-order valence-electron chi connectivity index (χ1n) is 6.48. The summed E-state index contributed by atoms with van der Waals surface area (Å²) in [5.74, 6) is 0.510. The number of nitrogens with two attached hydrogens (primary N) is 1. The van der Waals surface area contributed by atoms with E-state index in [4.69, 9.17) is 5.73 Å². The lowest BCUT2D eigenvalue weighted by atomic mass is 9.97. The van der Waals surface area contributed by atoms with Gasteiger partial charge in [0.15, 0.2) is 5.82 Å². The third-order valence-electron chi connectivity index (χ3n) is 3.37. The fourth-order valence-electron chi connectivity index (χ4n) is 2.38. The van der Waals surface area contributed by atoms with Crippen LogP contribution in [0.5, 0.6) is 0 Å². The number of aromatic nitrogens is 3. The molecule has 4 nitrogen and oxygen atoms in total. The third kappa shape index (κ3) is 2.05. The Hall–Kier alpha value is -2.62. The van der Waals surface area contributed by atoms with Gasteiger partial charge in [0.1, 0.15) is 0 Å². The topological polar surface area (TPSA) is 67.6 Å². The maximum Gasteiger partial charge on any atom is 0.153 e. The minimum absolute atomic E-state index is 0.510. The Bertz CT molecular complexity index is 759. The predicted molar refractivity (Wildman–Crippen MR) is 81.1 cm³/mol. The molecule has 0 aliphatic heterocycles. The SMILES string of the molecule is Cc1cncc(-c2[nH]nc(N)c2-c2ccccc2C)c1. The van der Waals surface area contributed by atoms with Crippen LogP contribution in [-0.2, 0) is 0 Å². The summed E-state index contributed by atoms with van der Waals surface area (Å²) in [6.45, 7) is 4.09. The summed E-state index contributed by atoms with van der Waals surface area (Å²) >= 11 is 0. The average molecular weight is 264 g/mol. The van der Waals surface area contributed by atoms with Crippen LogP contribution in [0.4, 0.5) is 5.82 Å². The van der Waals surface area contributed by atoms with Crippen LogP contribution in [0.15, 0.2) is 42.7 Å². The maximum atomic E-state index is 6.05. The van der Waals surface area contributed by atoms with Crippen LogP contribution in [0.3, 0.4) is 0 Å². The summed E-state index contributed by atoms with van der Waals surface area (Å²) in [6, 6.07) is 10.2. The van der Waals surface area contributed by atoms with Gasteiger partial charge in [-0.05, 0) is 36.6 Å². The molecule has 0 amide bonds. The smallest absolute Gasteiger partial charge is 0.153 e. The van der Waals surface area contributed by atoms with E-state index in [0.717, 1.165) is 27.9 Å². The molecular weight excluding hydrogens is 248 g/mol. The Balaban J connectivity index is 2.23. The summed E-state index contributed by atoms with van der Waals surface area (Å²) in [7, 11) is 0. The van der Waals surface area contributed by atoms with Gasteiger partial charge in [-0.25, -0.2) is 0 Å². The molecule has 2 heterocycles. The molecule has 0 aliphatic rings. The predicted octanol–water partition coefficient (Wildman–Crippen LogP) is 3.34. The first kappa shape index (κ1) is 12.4. The van der Waals surface area contributed by atoms with Gasteiger partial charge >= 0.3 is 0 Å². The Morgan fingerprint density at radius 2 is 1.90 bits per heavy atom. The quantitative estimate of drug-likeness (QED) is 0.746. The van der Waals surface area contributed by atoms with E-state index in [2.05, 4.69) is 40.3 Å². The molecule has 3 aromatic rings. The highest BCUT2D eigenvalue weighted by atomic mass is 15.2. The zero-order chi connectivity index (χ0) is 14.1. The molecule has 0 unspecified atom stereocenters. The Kier molecular flexibility index (Phi) is 2.99. The highest BCUT2D eigenvalue weighted by Gasteiger charge is 2.16. The van der Waals surface area contributed by atoms with Crippen molar-refractivity contribution in [1.29, 1.82) is 0 Å². The molecule has 0 saturated heterocycles. The molecule has 3 rings (SSSR count). The van der Waals surface area contributed by atoms with Gasteiger partial charge in [-0.3, -0.25) is 10.1 Å². The first-order valence-corrected chi connectivity index (χ1v) is 6.48. The standard InChI is InChI=1S/C16H16N4/c1-10-7-12(9-18-8-10)15-14(16(17)20-19-15)13-6-4-3-5-11(13)2/h3-9H,1-2H3,(H3,17,19,20). The summed E-state index contributed by atoms with van der Waals surface area (Å²) in [6.07, 6.45) is 3.65. The lowest BCUT2D eigenvalue weighted by Gasteiger charge is -2.08. The number of anilines is 1. The molecule has 0 radical (unpaired) electrons. The number of benzene rings is 1. The van der Waals surface area contributed by atoms with Gasteiger partial charge in [0.05, 0.1) is 11.3 Å². The van der Waals surface area contributed by atoms with Gasteiger partial charge < -0.3 is 5.73 Å². The van der Waals surface area contributed by atoms with E-state index < -0.39 is 0 Å². The fraction of sp³-hybridized carbons (Fsp3) is 0.125. The van der Waals surface area contributed by atoms with E-state index >= 15 is 0 Å². The lowest BCUT2D eigenvalue weighted by Crippen LogP contribution is -1.91. The van der Waals surface area contributed by atoms with Crippen LogP contribution in [0.2, 0.25) is 0 Å². The molecule has 20 heavy (non-hydrogen) atoms. The minimum atomic E-state index is 0.510. The zero-order valence-corrected chi connectivity index (χ0v) is 11.5. The molecule has 1 aromatic carbocycles. The number of nitrogen functional groups attached to an aromatic ring is 1. The van der Waals surface area contributed by atoms with Crippen molar-refractivity contribution >= 4 is 5.82 Å². The highest BCUT2D eigenvalue weighted by Crippen LogP contribution is 2.36. The fourth-order valence-corrected chi connectivity index (χ4v) is 2.38. The summed E-state index contributed by atoms with van der Waals surface area (Å²) in [5.41, 5.74) is 12.3. The number of nitrogens with zero attached hydrogens (tertiary/aromatic N) is 2. The molecular formula is C16H16N4. The largest absolute Gasteiger partial charge is 0.382 e. The second kappa shape index (κ2) is 4.81. The Morgan fingerprint density at radius 1 is 1.10 bits per heavy atom. The first-order chi connectivity index (χ1) is 9.66. The van der Waals surface area contributed by atoms with Crippen molar-refractivity contribution in [3.8, 4) is 22.4 Å². The summed E-state index contributed by atoms with van der Waals surface area (Å²) in [5, 5.41) is 7.19. The summed E-state index contributed by atoms with van der Waals surface area (Å²) < 4.78 is 0. The van der Waals surface area contributed by atoms with Crippen LogP contribution in [-0.4, -0.2) is 15.2 Å². The highest BCUT2D eigenvalue weighted by molar-refractivity contribution is 5.88. The molecule has 0 aliphatic carbocycles. The van der Waals surface area contributed by atoms with E-state index in [-0.39, 0.29) is 0 Å². The van der Waals surface area contributed by atoms with E-state index in [1.54, 1.807) is 0 Å². The molecule has 0 saturated carbocycles. The lowest BCUT2D eigenvalue weighted by molar-refractivity contribution is 1.10. The number of aromatic amines is 1. The van der Waals surface area contributed by atoms with Crippen molar-refractivity contribution in [3.05, 3.63) is 53.9 Å². The summed E-state index contributed by atoms with van der Waals surface area (Å²) in [4.78, 5) is 4.24. The van der Waals surface area contributed by atoms with Gasteiger partial charge in [0, 0.05) is 18.0 Å². The average Bonchev–Trinajstić information content (AvgIpc) is 2.81. The number of nitrogens with one attached hydrogen (secondary N) is 1. The van der Waals surface area contributed by atoms with E-state index in [9.17, 15) is 0 Å². The second-order valence-corrected chi connectivity index (χ2v) is 4.92. The van der Waals surface area contributed by atoms with Crippen LogP contribution in [0, 0.1) is 13.8 Å². The number of aryl methyl sites for hydroxylation is 2. The molecule has 0 atom stereocenters. The Morgan fingerprint density at radius 3 is 2.65 bits per heavy atom. The molecule has 0 fully saturated rings. The van der Waals surface area contributed by atoms with Crippen LogP contribution < -0.4 is 5.73 Å². The second-order valence-electron chi connectivity index (χ2n) is 4.92. The van der Waals surface area contributed by atoms with Crippen molar-refractivity contribution in [2.24, 2.45) is 0 Å².